The van der Waals surface area contributed by atoms with Crippen LogP contribution in [0.3, 0.4) is 0 Å². The molecule has 1 N–H and O–H groups in total. The first-order chi connectivity index (χ1) is 12.2. The van der Waals surface area contributed by atoms with E-state index >= 15 is 0 Å². The molecule has 25 heavy (non-hydrogen) atoms. The summed E-state index contributed by atoms with van der Waals surface area (Å²) in [5, 5.41) is 6.88. The number of aromatic nitrogens is 2. The molecule has 1 atom stereocenters. The number of anilines is 1. The van der Waals surface area contributed by atoms with Crippen molar-refractivity contribution >= 4 is 11.6 Å². The van der Waals surface area contributed by atoms with Crippen molar-refractivity contribution < 1.29 is 14.1 Å². The highest BCUT2D eigenvalue weighted by Gasteiger charge is 2.27. The van der Waals surface area contributed by atoms with Crippen LogP contribution in [0.4, 0.5) is 5.69 Å². The molecule has 1 aromatic heterocycles. The number of amides is 1. The van der Waals surface area contributed by atoms with E-state index in [1.54, 1.807) is 6.92 Å². The summed E-state index contributed by atoms with van der Waals surface area (Å²) in [6, 6.07) is 15.2. The second-order valence-electron chi connectivity index (χ2n) is 5.87. The number of nitrogens with one attached hydrogen (secondary N) is 1. The van der Waals surface area contributed by atoms with Crippen molar-refractivity contribution in [1.29, 1.82) is 0 Å². The number of nitrogens with zero attached hydrogens (tertiary/aromatic N) is 2. The Morgan fingerprint density at radius 3 is 2.80 bits per heavy atom. The lowest BCUT2D eigenvalue weighted by Gasteiger charge is -2.25. The van der Waals surface area contributed by atoms with Gasteiger partial charge in [-0.1, -0.05) is 41.6 Å². The van der Waals surface area contributed by atoms with Gasteiger partial charge in [-0.25, -0.2) is 0 Å². The molecule has 4 rings (SSSR count). The summed E-state index contributed by atoms with van der Waals surface area (Å²) >= 11 is 0. The SMILES string of the molecule is Cc1nc(-c2ccccc2NC(=O)C2OCCc3ccccc32)no1. The fraction of sp³-hybridized carbons (Fsp3) is 0.211. The van der Waals surface area contributed by atoms with Crippen molar-refractivity contribution in [3.8, 4) is 11.4 Å². The highest BCUT2D eigenvalue weighted by Crippen LogP contribution is 2.30. The molecule has 1 aliphatic rings. The first-order valence-electron chi connectivity index (χ1n) is 8.12. The van der Waals surface area contributed by atoms with E-state index in [1.165, 1.54) is 0 Å². The molecule has 0 spiro atoms. The van der Waals surface area contributed by atoms with E-state index in [-0.39, 0.29) is 5.91 Å². The highest BCUT2D eigenvalue weighted by molar-refractivity contribution is 5.98. The number of hydrogen-bond acceptors (Lipinski definition) is 5. The number of aryl methyl sites for hydroxylation is 1. The molecule has 0 radical (unpaired) electrons. The average Bonchev–Trinajstić information content (AvgIpc) is 3.08. The van der Waals surface area contributed by atoms with Crippen molar-refractivity contribution in [3.05, 3.63) is 65.5 Å². The van der Waals surface area contributed by atoms with Crippen LogP contribution in [0, 0.1) is 6.92 Å². The summed E-state index contributed by atoms with van der Waals surface area (Å²) in [5.74, 6) is 0.707. The standard InChI is InChI=1S/C19H17N3O3/c1-12-20-18(22-25-12)15-8-4-5-9-16(15)21-19(23)17-14-7-3-2-6-13(14)10-11-24-17/h2-9,17H,10-11H2,1H3,(H,21,23). The Balaban J connectivity index is 1.63. The topological polar surface area (TPSA) is 77.2 Å². The molecular formula is C19H17N3O3. The van der Waals surface area contributed by atoms with E-state index in [1.807, 2.05) is 48.5 Å². The summed E-state index contributed by atoms with van der Waals surface area (Å²) < 4.78 is 10.8. The van der Waals surface area contributed by atoms with Gasteiger partial charge in [-0.05, 0) is 29.7 Å². The van der Waals surface area contributed by atoms with Gasteiger partial charge in [0.2, 0.25) is 11.7 Å². The molecule has 3 aromatic rings. The number of carbonyl (C=O) groups is 1. The van der Waals surface area contributed by atoms with Crippen LogP contribution in [0.5, 0.6) is 0 Å². The highest BCUT2D eigenvalue weighted by atomic mass is 16.5. The number of para-hydroxylation sites is 1. The fourth-order valence-electron chi connectivity index (χ4n) is 3.01. The van der Waals surface area contributed by atoms with E-state index in [2.05, 4.69) is 15.5 Å². The van der Waals surface area contributed by atoms with Crippen molar-refractivity contribution in [2.75, 3.05) is 11.9 Å². The van der Waals surface area contributed by atoms with Crippen LogP contribution in [0.25, 0.3) is 11.4 Å². The second kappa shape index (κ2) is 6.49. The third-order valence-electron chi connectivity index (χ3n) is 4.19. The van der Waals surface area contributed by atoms with Gasteiger partial charge in [-0.15, -0.1) is 0 Å². The van der Waals surface area contributed by atoms with Crippen LogP contribution in [-0.2, 0) is 16.0 Å². The van der Waals surface area contributed by atoms with Crippen LogP contribution in [-0.4, -0.2) is 22.7 Å². The van der Waals surface area contributed by atoms with Gasteiger partial charge >= 0.3 is 0 Å². The molecule has 6 nitrogen and oxygen atoms in total. The molecular weight excluding hydrogens is 318 g/mol. The van der Waals surface area contributed by atoms with Crippen LogP contribution in [0.2, 0.25) is 0 Å². The molecule has 0 fully saturated rings. The Morgan fingerprint density at radius 1 is 1.16 bits per heavy atom. The lowest BCUT2D eigenvalue weighted by Crippen LogP contribution is -2.28. The molecule has 6 heteroatoms. The van der Waals surface area contributed by atoms with Crippen molar-refractivity contribution in [2.45, 2.75) is 19.4 Å². The van der Waals surface area contributed by atoms with Gasteiger partial charge in [0.1, 0.15) is 0 Å². The van der Waals surface area contributed by atoms with Gasteiger partial charge in [0.05, 0.1) is 12.3 Å². The Morgan fingerprint density at radius 2 is 1.96 bits per heavy atom. The number of carbonyl (C=O) groups excluding carboxylic acids is 1. The maximum Gasteiger partial charge on any atom is 0.258 e. The van der Waals surface area contributed by atoms with E-state index in [0.29, 0.717) is 29.6 Å². The van der Waals surface area contributed by atoms with Gasteiger partial charge in [0.25, 0.3) is 5.91 Å². The molecule has 1 aliphatic heterocycles. The minimum Gasteiger partial charge on any atom is -0.363 e. The van der Waals surface area contributed by atoms with Crippen LogP contribution in [0.15, 0.2) is 53.1 Å². The number of fused-ring (bicyclic) bond motifs is 1. The maximum absolute atomic E-state index is 12.8. The zero-order valence-corrected chi connectivity index (χ0v) is 13.7. The second-order valence-corrected chi connectivity index (χ2v) is 5.87. The summed E-state index contributed by atoms with van der Waals surface area (Å²) in [6.45, 7) is 2.26. The van der Waals surface area contributed by atoms with Crippen molar-refractivity contribution in [2.24, 2.45) is 0 Å². The molecule has 1 unspecified atom stereocenters. The molecule has 2 heterocycles. The largest absolute Gasteiger partial charge is 0.363 e. The monoisotopic (exact) mass is 335 g/mol. The lowest BCUT2D eigenvalue weighted by atomic mass is 9.97. The summed E-state index contributed by atoms with van der Waals surface area (Å²) in [7, 11) is 0. The van der Waals surface area contributed by atoms with Crippen LogP contribution in [0.1, 0.15) is 23.1 Å². The summed E-state index contributed by atoms with van der Waals surface area (Å²) in [4.78, 5) is 17.1. The zero-order valence-electron chi connectivity index (χ0n) is 13.7. The zero-order chi connectivity index (χ0) is 17.2. The molecule has 0 saturated carbocycles. The Kier molecular flexibility index (Phi) is 4.03. The number of rotatable bonds is 3. The fourth-order valence-corrected chi connectivity index (χ4v) is 3.01. The predicted octanol–water partition coefficient (Wildman–Crippen LogP) is 3.30. The van der Waals surface area contributed by atoms with E-state index < -0.39 is 6.10 Å². The quantitative estimate of drug-likeness (QED) is 0.794. The Hall–Kier alpha value is -2.99. The molecule has 2 aromatic carbocycles. The van der Waals surface area contributed by atoms with E-state index in [4.69, 9.17) is 9.26 Å². The third kappa shape index (κ3) is 3.04. The molecule has 0 aliphatic carbocycles. The number of hydrogen-bond donors (Lipinski definition) is 1. The first kappa shape index (κ1) is 15.5. The lowest BCUT2D eigenvalue weighted by molar-refractivity contribution is -0.128. The van der Waals surface area contributed by atoms with Gasteiger partial charge in [-0.2, -0.15) is 4.98 Å². The molecule has 0 saturated heterocycles. The maximum atomic E-state index is 12.8. The number of ether oxygens (including phenoxy) is 1. The first-order valence-corrected chi connectivity index (χ1v) is 8.12. The van der Waals surface area contributed by atoms with Gasteiger partial charge in [0.15, 0.2) is 6.10 Å². The van der Waals surface area contributed by atoms with Crippen molar-refractivity contribution in [3.63, 3.8) is 0 Å². The van der Waals surface area contributed by atoms with Gasteiger partial charge < -0.3 is 14.6 Å². The van der Waals surface area contributed by atoms with Crippen LogP contribution >= 0.6 is 0 Å². The summed E-state index contributed by atoms with van der Waals surface area (Å²) in [5.41, 5.74) is 3.40. The van der Waals surface area contributed by atoms with E-state index in [0.717, 1.165) is 17.5 Å². The Bertz CT molecular complexity index is 920. The van der Waals surface area contributed by atoms with Gasteiger partial charge in [0, 0.05) is 12.5 Å². The molecule has 1 amide bonds. The molecule has 126 valence electrons. The molecule has 0 bridgehead atoms. The smallest absolute Gasteiger partial charge is 0.258 e. The van der Waals surface area contributed by atoms with Crippen LogP contribution < -0.4 is 5.32 Å². The Labute approximate surface area is 144 Å². The number of benzene rings is 2. The third-order valence-corrected chi connectivity index (χ3v) is 4.19. The van der Waals surface area contributed by atoms with Crippen molar-refractivity contribution in [1.82, 2.24) is 10.1 Å². The normalized spacial score (nSPS) is 16.3. The minimum atomic E-state index is -0.620. The average molecular weight is 335 g/mol. The van der Waals surface area contributed by atoms with Gasteiger partial charge in [-0.3, -0.25) is 4.79 Å². The minimum absolute atomic E-state index is 0.209. The summed E-state index contributed by atoms with van der Waals surface area (Å²) in [6.07, 6.45) is 0.198. The predicted molar refractivity (Wildman–Crippen MR) is 91.9 cm³/mol. The van der Waals surface area contributed by atoms with E-state index in [9.17, 15) is 4.79 Å².